The third-order valence-corrected chi connectivity index (χ3v) is 1.90. The number of rotatable bonds is 3. The zero-order valence-corrected chi connectivity index (χ0v) is 7.97. The fraction of sp³-hybridized carbons (Fsp3) is 0.125. The van der Waals surface area contributed by atoms with Crippen molar-refractivity contribution in [2.24, 2.45) is 0 Å². The lowest BCUT2D eigenvalue weighted by Gasteiger charge is -2.00. The van der Waals surface area contributed by atoms with Crippen molar-refractivity contribution in [1.82, 2.24) is 9.97 Å². The highest BCUT2D eigenvalue weighted by Gasteiger charge is 1.98. The number of nitrogens with one attached hydrogen (secondary N) is 1. The van der Waals surface area contributed by atoms with E-state index in [2.05, 4.69) is 21.9 Å². The molecule has 13 heavy (non-hydrogen) atoms. The van der Waals surface area contributed by atoms with Crippen LogP contribution in [0.5, 0.6) is 0 Å². The third-order valence-electron chi connectivity index (χ3n) is 1.27. The number of anilines is 1. The Morgan fingerprint density at radius 3 is 2.85 bits per heavy atom. The minimum Gasteiger partial charge on any atom is -0.306 e. The van der Waals surface area contributed by atoms with Crippen molar-refractivity contribution < 1.29 is 4.79 Å². The van der Waals surface area contributed by atoms with E-state index in [0.717, 1.165) is 5.03 Å². The largest absolute Gasteiger partial charge is 0.306 e. The molecule has 1 N–H and O–H groups in total. The van der Waals surface area contributed by atoms with Crippen LogP contribution in [0.15, 0.2) is 30.1 Å². The number of nitrogens with zero attached hydrogens (tertiary/aromatic N) is 2. The van der Waals surface area contributed by atoms with E-state index in [1.165, 1.54) is 24.0 Å². The predicted molar refractivity (Wildman–Crippen MR) is 52.6 cm³/mol. The summed E-state index contributed by atoms with van der Waals surface area (Å²) in [6.07, 6.45) is 6.20. The Balaban J connectivity index is 2.69. The standard InChI is InChI=1S/C8H9N3OS/c1-3-7(12)11-6-4-10-8(13-2)5-9-6/h3-5H,1H2,2H3,(H,9,11,12). The molecule has 1 heterocycles. The summed E-state index contributed by atoms with van der Waals surface area (Å²) >= 11 is 1.50. The van der Waals surface area contributed by atoms with Gasteiger partial charge in [0.1, 0.15) is 5.03 Å². The number of hydrogen-bond acceptors (Lipinski definition) is 4. The van der Waals surface area contributed by atoms with Crippen molar-refractivity contribution in [2.45, 2.75) is 5.03 Å². The lowest BCUT2D eigenvalue weighted by Crippen LogP contribution is -2.08. The van der Waals surface area contributed by atoms with Crippen molar-refractivity contribution >= 4 is 23.5 Å². The van der Waals surface area contributed by atoms with Crippen LogP contribution in [-0.4, -0.2) is 22.1 Å². The van der Waals surface area contributed by atoms with Crippen LogP contribution in [0.2, 0.25) is 0 Å². The Bertz CT molecular complexity index is 310. The van der Waals surface area contributed by atoms with Gasteiger partial charge in [-0.1, -0.05) is 6.58 Å². The molecular weight excluding hydrogens is 186 g/mol. The second-order valence-corrected chi connectivity index (χ2v) is 2.96. The Hall–Kier alpha value is -1.36. The molecule has 1 amide bonds. The molecule has 0 fully saturated rings. The molecule has 1 aromatic heterocycles. The molecule has 0 saturated heterocycles. The molecule has 68 valence electrons. The van der Waals surface area contributed by atoms with Crippen LogP contribution >= 0.6 is 11.8 Å². The summed E-state index contributed by atoms with van der Waals surface area (Å²) in [5.74, 6) is 0.147. The summed E-state index contributed by atoms with van der Waals surface area (Å²) in [5.41, 5.74) is 0. The Labute approximate surface area is 80.5 Å². The maximum atomic E-state index is 10.8. The van der Waals surface area contributed by atoms with Gasteiger partial charge < -0.3 is 5.32 Å². The van der Waals surface area contributed by atoms with Crippen LogP contribution in [0, 0.1) is 0 Å². The van der Waals surface area contributed by atoms with Crippen molar-refractivity contribution in [1.29, 1.82) is 0 Å². The summed E-state index contributed by atoms with van der Waals surface area (Å²) in [5, 5.41) is 3.32. The summed E-state index contributed by atoms with van der Waals surface area (Å²) in [6.45, 7) is 3.33. The van der Waals surface area contributed by atoms with E-state index in [1.807, 2.05) is 6.26 Å². The average molecular weight is 195 g/mol. The maximum Gasteiger partial charge on any atom is 0.248 e. The Morgan fingerprint density at radius 1 is 1.62 bits per heavy atom. The molecular formula is C8H9N3OS. The van der Waals surface area contributed by atoms with Gasteiger partial charge in [0.05, 0.1) is 12.4 Å². The van der Waals surface area contributed by atoms with Crippen molar-refractivity contribution in [3.8, 4) is 0 Å². The van der Waals surface area contributed by atoms with E-state index in [1.54, 1.807) is 6.20 Å². The van der Waals surface area contributed by atoms with E-state index in [4.69, 9.17) is 0 Å². The molecule has 0 unspecified atom stereocenters. The molecule has 0 bridgehead atoms. The lowest BCUT2D eigenvalue weighted by atomic mass is 10.5. The van der Waals surface area contributed by atoms with Gasteiger partial charge in [0.25, 0.3) is 0 Å². The summed E-state index contributed by atoms with van der Waals surface area (Å²) in [4.78, 5) is 18.8. The van der Waals surface area contributed by atoms with E-state index in [0.29, 0.717) is 5.82 Å². The second kappa shape index (κ2) is 4.61. The molecule has 0 saturated carbocycles. The Morgan fingerprint density at radius 2 is 2.38 bits per heavy atom. The van der Waals surface area contributed by atoms with Crippen molar-refractivity contribution in [3.05, 3.63) is 25.0 Å². The zero-order valence-electron chi connectivity index (χ0n) is 7.15. The normalized spacial score (nSPS) is 9.31. The van der Waals surface area contributed by atoms with Gasteiger partial charge in [-0.15, -0.1) is 11.8 Å². The molecule has 1 rings (SSSR count). The number of carbonyl (C=O) groups excluding carboxylic acids is 1. The van der Waals surface area contributed by atoms with Crippen LogP contribution < -0.4 is 5.32 Å². The first kappa shape index (κ1) is 9.73. The number of hydrogen-bond donors (Lipinski definition) is 1. The van der Waals surface area contributed by atoms with Crippen LogP contribution in [0.1, 0.15) is 0 Å². The molecule has 0 aliphatic heterocycles. The number of aromatic nitrogens is 2. The molecule has 0 radical (unpaired) electrons. The smallest absolute Gasteiger partial charge is 0.248 e. The Kier molecular flexibility index (Phi) is 3.45. The van der Waals surface area contributed by atoms with Gasteiger partial charge in [0, 0.05) is 0 Å². The van der Waals surface area contributed by atoms with Gasteiger partial charge in [-0.25, -0.2) is 9.97 Å². The van der Waals surface area contributed by atoms with Gasteiger partial charge in [0.15, 0.2) is 5.82 Å². The lowest BCUT2D eigenvalue weighted by molar-refractivity contribution is -0.111. The second-order valence-electron chi connectivity index (χ2n) is 2.14. The minimum absolute atomic E-state index is 0.286. The number of thioether (sulfide) groups is 1. The first-order chi connectivity index (χ1) is 6.26. The quantitative estimate of drug-likeness (QED) is 0.584. The molecule has 0 aliphatic carbocycles. The number of amides is 1. The van der Waals surface area contributed by atoms with Gasteiger partial charge in [-0.05, 0) is 12.3 Å². The monoisotopic (exact) mass is 195 g/mol. The predicted octanol–water partition coefficient (Wildman–Crippen LogP) is 1.32. The first-order valence-corrected chi connectivity index (χ1v) is 4.78. The summed E-state index contributed by atoms with van der Waals surface area (Å²) in [6, 6.07) is 0. The molecule has 0 aliphatic rings. The molecule has 5 heteroatoms. The van der Waals surface area contributed by atoms with Crippen LogP contribution in [-0.2, 0) is 4.79 Å². The van der Waals surface area contributed by atoms with E-state index in [9.17, 15) is 4.79 Å². The topological polar surface area (TPSA) is 54.9 Å². The average Bonchev–Trinajstić information content (AvgIpc) is 2.19. The van der Waals surface area contributed by atoms with E-state index < -0.39 is 0 Å². The van der Waals surface area contributed by atoms with Gasteiger partial charge in [-0.2, -0.15) is 0 Å². The molecule has 1 aromatic rings. The fourth-order valence-electron chi connectivity index (χ4n) is 0.663. The fourth-order valence-corrected chi connectivity index (χ4v) is 0.980. The van der Waals surface area contributed by atoms with Crippen LogP contribution in [0.25, 0.3) is 0 Å². The number of carbonyl (C=O) groups is 1. The molecule has 0 spiro atoms. The SMILES string of the molecule is C=CC(=O)Nc1cnc(SC)cn1. The summed E-state index contributed by atoms with van der Waals surface area (Å²) in [7, 11) is 0. The molecule has 4 nitrogen and oxygen atoms in total. The van der Waals surface area contributed by atoms with E-state index in [-0.39, 0.29) is 5.91 Å². The van der Waals surface area contributed by atoms with E-state index >= 15 is 0 Å². The zero-order chi connectivity index (χ0) is 9.68. The van der Waals surface area contributed by atoms with Crippen molar-refractivity contribution in [2.75, 3.05) is 11.6 Å². The highest BCUT2D eigenvalue weighted by molar-refractivity contribution is 7.98. The highest BCUT2D eigenvalue weighted by Crippen LogP contribution is 2.10. The molecule has 0 aromatic carbocycles. The first-order valence-electron chi connectivity index (χ1n) is 3.55. The summed E-state index contributed by atoms with van der Waals surface area (Å²) < 4.78 is 0. The van der Waals surface area contributed by atoms with Crippen LogP contribution in [0.3, 0.4) is 0 Å². The van der Waals surface area contributed by atoms with Gasteiger partial charge in [-0.3, -0.25) is 4.79 Å². The maximum absolute atomic E-state index is 10.8. The molecule has 0 atom stereocenters. The van der Waals surface area contributed by atoms with Crippen molar-refractivity contribution in [3.63, 3.8) is 0 Å². The minimum atomic E-state index is -0.286. The van der Waals surface area contributed by atoms with Crippen LogP contribution in [0.4, 0.5) is 5.82 Å². The van der Waals surface area contributed by atoms with Gasteiger partial charge >= 0.3 is 0 Å². The van der Waals surface area contributed by atoms with Gasteiger partial charge in [0.2, 0.25) is 5.91 Å². The highest BCUT2D eigenvalue weighted by atomic mass is 32.2. The third kappa shape index (κ3) is 2.87.